The third-order valence-electron chi connectivity index (χ3n) is 4.77. The molecule has 0 aromatic heterocycles. The van der Waals surface area contributed by atoms with Crippen molar-refractivity contribution in [3.8, 4) is 0 Å². The Labute approximate surface area is 156 Å². The van der Waals surface area contributed by atoms with Crippen LogP contribution in [0.25, 0.3) is 0 Å². The molecule has 140 valence electrons. The first-order chi connectivity index (χ1) is 11.8. The van der Waals surface area contributed by atoms with E-state index in [9.17, 15) is 14.4 Å². The van der Waals surface area contributed by atoms with E-state index in [1.54, 1.807) is 0 Å². The molecule has 2 aliphatic heterocycles. The van der Waals surface area contributed by atoms with Crippen molar-refractivity contribution in [3.63, 3.8) is 0 Å². The second kappa shape index (κ2) is 8.35. The van der Waals surface area contributed by atoms with E-state index in [0.717, 1.165) is 12.8 Å². The maximum atomic E-state index is 12.9. The fourth-order valence-electron chi connectivity index (χ4n) is 3.07. The van der Waals surface area contributed by atoms with Gasteiger partial charge in [0.25, 0.3) is 5.91 Å². The Morgan fingerprint density at radius 1 is 1.48 bits per heavy atom. The quantitative estimate of drug-likeness (QED) is 0.551. The van der Waals surface area contributed by atoms with Crippen molar-refractivity contribution in [3.05, 3.63) is 0 Å². The summed E-state index contributed by atoms with van der Waals surface area (Å²) in [5.41, 5.74) is 0. The van der Waals surface area contributed by atoms with Crippen LogP contribution >= 0.6 is 24.0 Å². The Balaban J connectivity index is 2.15. The molecule has 2 heterocycles. The Morgan fingerprint density at radius 3 is 2.76 bits per heavy atom. The zero-order valence-corrected chi connectivity index (χ0v) is 16.2. The van der Waals surface area contributed by atoms with Gasteiger partial charge < -0.3 is 15.2 Å². The number of nitrogens with zero attached hydrogens (tertiary/aromatic N) is 1. The highest BCUT2D eigenvalue weighted by atomic mass is 32.2. The van der Waals surface area contributed by atoms with Crippen LogP contribution in [0.4, 0.5) is 4.79 Å². The van der Waals surface area contributed by atoms with E-state index < -0.39 is 24.3 Å². The molecule has 5 atom stereocenters. The van der Waals surface area contributed by atoms with Crippen molar-refractivity contribution in [1.29, 1.82) is 0 Å². The predicted molar refractivity (Wildman–Crippen MR) is 98.4 cm³/mol. The zero-order chi connectivity index (χ0) is 18.7. The van der Waals surface area contributed by atoms with E-state index in [0.29, 0.717) is 17.0 Å². The summed E-state index contributed by atoms with van der Waals surface area (Å²) in [6.07, 6.45) is -0.222. The fraction of sp³-hybridized carbons (Fsp3) is 0.750. The number of thiocarbonyl (C=S) groups is 1. The minimum Gasteiger partial charge on any atom is -0.450 e. The van der Waals surface area contributed by atoms with Gasteiger partial charge in [0.05, 0.1) is 16.0 Å². The van der Waals surface area contributed by atoms with Gasteiger partial charge in [-0.15, -0.1) is 11.8 Å². The third-order valence-corrected chi connectivity index (χ3v) is 6.87. The van der Waals surface area contributed by atoms with E-state index in [2.05, 4.69) is 5.32 Å². The first-order valence-corrected chi connectivity index (χ1v) is 9.90. The van der Waals surface area contributed by atoms with Crippen LogP contribution in [0.15, 0.2) is 0 Å². The molecule has 7 nitrogen and oxygen atoms in total. The highest BCUT2D eigenvalue weighted by Crippen LogP contribution is 2.39. The molecule has 9 heteroatoms. The molecule has 0 saturated carbocycles. The lowest BCUT2D eigenvalue weighted by Gasteiger charge is -2.30. The van der Waals surface area contributed by atoms with Crippen LogP contribution in [0.5, 0.6) is 0 Å². The Morgan fingerprint density at radius 2 is 2.16 bits per heavy atom. The molecule has 0 aromatic carbocycles. The summed E-state index contributed by atoms with van der Waals surface area (Å²) in [6, 6.07) is -0.708. The van der Waals surface area contributed by atoms with Crippen LogP contribution in [-0.2, 0) is 14.3 Å². The third kappa shape index (κ3) is 4.44. The van der Waals surface area contributed by atoms with Crippen LogP contribution < -0.4 is 5.32 Å². The summed E-state index contributed by atoms with van der Waals surface area (Å²) in [4.78, 5) is 38.0. The lowest BCUT2D eigenvalue weighted by molar-refractivity contribution is -0.144. The maximum Gasteiger partial charge on any atom is 0.507 e. The Bertz CT molecular complexity index is 571. The number of fused-ring (bicyclic) bond motifs is 1. The second-order valence-corrected chi connectivity index (χ2v) is 8.15. The molecule has 2 saturated heterocycles. The van der Waals surface area contributed by atoms with Crippen LogP contribution in [0.3, 0.4) is 0 Å². The van der Waals surface area contributed by atoms with Gasteiger partial charge in [-0.05, 0) is 31.1 Å². The summed E-state index contributed by atoms with van der Waals surface area (Å²) in [5, 5.41) is 11.5. The molecule has 0 aliphatic carbocycles. The van der Waals surface area contributed by atoms with E-state index in [-0.39, 0.29) is 23.1 Å². The fourth-order valence-corrected chi connectivity index (χ4v) is 4.75. The maximum absolute atomic E-state index is 12.9. The van der Waals surface area contributed by atoms with E-state index in [4.69, 9.17) is 22.1 Å². The number of carbonyl (C=O) groups excluding carboxylic acids is 2. The van der Waals surface area contributed by atoms with Gasteiger partial charge in [-0.1, -0.05) is 33.0 Å². The first-order valence-electron chi connectivity index (χ1n) is 8.44. The lowest BCUT2D eigenvalue weighted by Crippen LogP contribution is -2.53. The van der Waals surface area contributed by atoms with Crippen LogP contribution in [0.1, 0.15) is 40.0 Å². The number of rotatable bonds is 5. The van der Waals surface area contributed by atoms with Gasteiger partial charge in [0, 0.05) is 0 Å². The van der Waals surface area contributed by atoms with Crippen LogP contribution in [-0.4, -0.2) is 56.2 Å². The zero-order valence-electron chi connectivity index (χ0n) is 14.6. The standard InChI is InChI=1S/C16H24N2O5S2/c1-4-8(2)12(24)13(19)17-10-6-5-9(3)15-18(14(10)20)11(7-25-15)23-16(21)22/h8-11,15H,4-7H2,1-3H3,(H,17,19)(H,21,22)/t8?,9-,10+,11+,15-/m1/s1. The van der Waals surface area contributed by atoms with E-state index >= 15 is 0 Å². The smallest absolute Gasteiger partial charge is 0.450 e. The molecule has 0 bridgehead atoms. The van der Waals surface area contributed by atoms with Gasteiger partial charge in [-0.25, -0.2) is 4.79 Å². The molecule has 0 aromatic rings. The Hall–Kier alpha value is -1.35. The summed E-state index contributed by atoms with van der Waals surface area (Å²) in [7, 11) is 0. The molecule has 2 aliphatic rings. The molecule has 0 spiro atoms. The minimum absolute atomic E-state index is 0.0343. The van der Waals surface area contributed by atoms with E-state index in [1.165, 1.54) is 16.7 Å². The molecular formula is C16H24N2O5S2. The summed E-state index contributed by atoms with van der Waals surface area (Å²) < 4.78 is 4.87. The van der Waals surface area contributed by atoms with Crippen molar-refractivity contribution in [2.24, 2.45) is 11.8 Å². The minimum atomic E-state index is -1.41. The second-order valence-electron chi connectivity index (χ2n) is 6.56. The van der Waals surface area contributed by atoms with Gasteiger partial charge in [0.15, 0.2) is 6.23 Å². The monoisotopic (exact) mass is 388 g/mol. The molecule has 2 fully saturated rings. The number of amides is 2. The normalized spacial score (nSPS) is 30.2. The van der Waals surface area contributed by atoms with Crippen LogP contribution in [0.2, 0.25) is 0 Å². The van der Waals surface area contributed by atoms with Crippen molar-refractivity contribution in [2.75, 3.05) is 5.75 Å². The van der Waals surface area contributed by atoms with Crippen LogP contribution in [0, 0.1) is 11.8 Å². The van der Waals surface area contributed by atoms with Gasteiger partial charge in [0.1, 0.15) is 6.04 Å². The summed E-state index contributed by atoms with van der Waals surface area (Å²) in [5.74, 6) is -0.145. The van der Waals surface area contributed by atoms with Gasteiger partial charge in [-0.3, -0.25) is 14.5 Å². The summed E-state index contributed by atoms with van der Waals surface area (Å²) in [6.45, 7) is 5.85. The number of thioether (sulfide) groups is 1. The average molecular weight is 389 g/mol. The molecular weight excluding hydrogens is 364 g/mol. The number of hydrogen-bond donors (Lipinski definition) is 2. The van der Waals surface area contributed by atoms with E-state index in [1.807, 2.05) is 20.8 Å². The number of hydrogen-bond acceptors (Lipinski definition) is 6. The molecule has 2 rings (SSSR count). The van der Waals surface area contributed by atoms with Crippen molar-refractivity contribution in [1.82, 2.24) is 10.2 Å². The lowest BCUT2D eigenvalue weighted by atomic mass is 10.0. The largest absolute Gasteiger partial charge is 0.507 e. The molecule has 2 amide bonds. The summed E-state index contributed by atoms with van der Waals surface area (Å²) >= 11 is 6.71. The van der Waals surface area contributed by atoms with Gasteiger partial charge >= 0.3 is 6.16 Å². The number of carbonyl (C=O) groups is 3. The predicted octanol–water partition coefficient (Wildman–Crippen LogP) is 2.24. The van der Waals surface area contributed by atoms with Crippen molar-refractivity contribution >= 4 is 46.8 Å². The van der Waals surface area contributed by atoms with Crippen molar-refractivity contribution < 1.29 is 24.2 Å². The van der Waals surface area contributed by atoms with Crippen molar-refractivity contribution in [2.45, 2.75) is 57.7 Å². The molecule has 1 unspecified atom stereocenters. The van der Waals surface area contributed by atoms with Gasteiger partial charge in [-0.2, -0.15) is 0 Å². The SMILES string of the molecule is CCC(C)C(=S)C(=O)N[C@H]1CC[C@@H](C)[C@H]2SC[C@H](OC(=O)O)N2C1=O. The molecule has 2 N–H and O–H groups in total. The highest BCUT2D eigenvalue weighted by Gasteiger charge is 2.47. The highest BCUT2D eigenvalue weighted by molar-refractivity contribution is 8.00. The number of ether oxygens (including phenoxy) is 1. The molecule has 0 radical (unpaired) electrons. The number of carboxylic acid groups (broad SMARTS) is 1. The molecule has 25 heavy (non-hydrogen) atoms. The number of nitrogens with one attached hydrogen (secondary N) is 1. The van der Waals surface area contributed by atoms with Gasteiger partial charge in [0.2, 0.25) is 5.91 Å². The average Bonchev–Trinajstić information content (AvgIpc) is 2.93. The first kappa shape index (κ1) is 20.0. The Kier molecular flexibility index (Phi) is 6.67. The topological polar surface area (TPSA) is 95.9 Å².